The van der Waals surface area contributed by atoms with E-state index in [0.29, 0.717) is 19.0 Å². The topological polar surface area (TPSA) is 50.7 Å². The summed E-state index contributed by atoms with van der Waals surface area (Å²) < 4.78 is 12.4. The van der Waals surface area contributed by atoms with E-state index in [9.17, 15) is 0 Å². The third-order valence-electron chi connectivity index (χ3n) is 2.95. The molecule has 0 bridgehead atoms. The summed E-state index contributed by atoms with van der Waals surface area (Å²) in [6.07, 6.45) is 1.11. The normalized spacial score (nSPS) is 12.2. The van der Waals surface area contributed by atoms with E-state index in [2.05, 4.69) is 28.2 Å². The van der Waals surface area contributed by atoms with Gasteiger partial charge < -0.3 is 19.9 Å². The standard InChI is InChI=1S/C16H26BrNO3/c1-4-6-18-9-13-7-14(17)16(15(8-13)20-5-2)21-11-12(3)10-19/h7-8,12,18-19H,4-6,9-11H2,1-3H3. The van der Waals surface area contributed by atoms with Crippen molar-refractivity contribution in [1.29, 1.82) is 0 Å². The summed E-state index contributed by atoms with van der Waals surface area (Å²) in [5.74, 6) is 1.54. The fourth-order valence-corrected chi connectivity index (χ4v) is 2.42. The van der Waals surface area contributed by atoms with Gasteiger partial charge in [0.05, 0.1) is 17.7 Å². The van der Waals surface area contributed by atoms with Gasteiger partial charge in [0.25, 0.3) is 0 Å². The van der Waals surface area contributed by atoms with Crippen LogP contribution in [0.15, 0.2) is 16.6 Å². The van der Waals surface area contributed by atoms with Gasteiger partial charge in [0.15, 0.2) is 11.5 Å². The molecule has 0 saturated heterocycles. The van der Waals surface area contributed by atoms with Gasteiger partial charge in [-0.05, 0) is 53.5 Å². The van der Waals surface area contributed by atoms with Gasteiger partial charge in [-0.1, -0.05) is 13.8 Å². The molecule has 0 aliphatic heterocycles. The Kier molecular flexibility index (Phi) is 8.73. The van der Waals surface area contributed by atoms with Gasteiger partial charge in [0.2, 0.25) is 0 Å². The van der Waals surface area contributed by atoms with E-state index in [4.69, 9.17) is 14.6 Å². The van der Waals surface area contributed by atoms with Gasteiger partial charge in [-0.25, -0.2) is 0 Å². The Labute approximate surface area is 136 Å². The molecule has 1 unspecified atom stereocenters. The van der Waals surface area contributed by atoms with Crippen molar-refractivity contribution in [2.45, 2.75) is 33.7 Å². The maximum absolute atomic E-state index is 9.09. The van der Waals surface area contributed by atoms with Crippen LogP contribution in [0, 0.1) is 5.92 Å². The van der Waals surface area contributed by atoms with E-state index in [1.807, 2.05) is 26.0 Å². The second-order valence-electron chi connectivity index (χ2n) is 5.11. The zero-order chi connectivity index (χ0) is 15.7. The zero-order valence-electron chi connectivity index (χ0n) is 13.1. The number of aliphatic hydroxyl groups excluding tert-OH is 1. The molecule has 5 heteroatoms. The molecule has 0 amide bonds. The minimum absolute atomic E-state index is 0.0947. The summed E-state index contributed by atoms with van der Waals surface area (Å²) >= 11 is 3.55. The second-order valence-corrected chi connectivity index (χ2v) is 5.97. The molecule has 1 atom stereocenters. The molecule has 0 fully saturated rings. The highest BCUT2D eigenvalue weighted by molar-refractivity contribution is 9.10. The van der Waals surface area contributed by atoms with Crippen LogP contribution in [-0.2, 0) is 6.54 Å². The van der Waals surface area contributed by atoms with Gasteiger partial charge in [-0.3, -0.25) is 0 Å². The fourth-order valence-electron chi connectivity index (χ4n) is 1.81. The Morgan fingerprint density at radius 1 is 1.29 bits per heavy atom. The van der Waals surface area contributed by atoms with Crippen LogP contribution in [0.25, 0.3) is 0 Å². The minimum atomic E-state index is 0.0947. The second kappa shape index (κ2) is 10.0. The molecule has 0 aliphatic rings. The molecule has 0 heterocycles. The van der Waals surface area contributed by atoms with Gasteiger partial charge in [-0.2, -0.15) is 0 Å². The zero-order valence-corrected chi connectivity index (χ0v) is 14.7. The number of benzene rings is 1. The number of ether oxygens (including phenoxy) is 2. The predicted octanol–water partition coefficient (Wildman–Crippen LogP) is 3.35. The predicted molar refractivity (Wildman–Crippen MR) is 89.1 cm³/mol. The lowest BCUT2D eigenvalue weighted by Gasteiger charge is -2.17. The number of halogens is 1. The van der Waals surface area contributed by atoms with Gasteiger partial charge in [-0.15, -0.1) is 0 Å². The number of hydrogen-bond acceptors (Lipinski definition) is 4. The van der Waals surface area contributed by atoms with Gasteiger partial charge >= 0.3 is 0 Å². The monoisotopic (exact) mass is 359 g/mol. The maximum atomic E-state index is 9.09. The van der Waals surface area contributed by atoms with Gasteiger partial charge in [0, 0.05) is 19.1 Å². The molecule has 0 aliphatic carbocycles. The molecule has 0 spiro atoms. The summed E-state index contributed by atoms with van der Waals surface area (Å²) in [4.78, 5) is 0. The van der Waals surface area contributed by atoms with Crippen LogP contribution in [0.3, 0.4) is 0 Å². The van der Waals surface area contributed by atoms with Crippen molar-refractivity contribution in [3.05, 3.63) is 22.2 Å². The van der Waals surface area contributed by atoms with Crippen LogP contribution in [0.5, 0.6) is 11.5 Å². The van der Waals surface area contributed by atoms with Crippen molar-refractivity contribution in [3.8, 4) is 11.5 Å². The number of aliphatic hydroxyl groups is 1. The molecular formula is C16H26BrNO3. The molecule has 21 heavy (non-hydrogen) atoms. The quantitative estimate of drug-likeness (QED) is 0.629. The minimum Gasteiger partial charge on any atom is -0.490 e. The Morgan fingerprint density at radius 3 is 2.67 bits per heavy atom. The summed E-state index contributed by atoms with van der Waals surface area (Å²) in [6.45, 7) is 9.00. The summed E-state index contributed by atoms with van der Waals surface area (Å²) in [5, 5.41) is 12.5. The first kappa shape index (κ1) is 18.3. The number of nitrogens with one attached hydrogen (secondary N) is 1. The van der Waals surface area contributed by atoms with Crippen LogP contribution in [0.2, 0.25) is 0 Å². The highest BCUT2D eigenvalue weighted by Crippen LogP contribution is 2.37. The lowest BCUT2D eigenvalue weighted by molar-refractivity contribution is 0.169. The third kappa shape index (κ3) is 6.24. The van der Waals surface area contributed by atoms with Crippen LogP contribution < -0.4 is 14.8 Å². The number of hydrogen-bond donors (Lipinski definition) is 2. The average molecular weight is 360 g/mol. The molecule has 2 N–H and O–H groups in total. The largest absolute Gasteiger partial charge is 0.490 e. The van der Waals surface area contributed by atoms with E-state index in [1.165, 1.54) is 0 Å². The first-order chi connectivity index (χ1) is 10.1. The van der Waals surface area contributed by atoms with Crippen LogP contribution >= 0.6 is 15.9 Å². The Balaban J connectivity index is 2.85. The van der Waals surface area contributed by atoms with Crippen LogP contribution in [0.4, 0.5) is 0 Å². The summed E-state index contributed by atoms with van der Waals surface area (Å²) in [6, 6.07) is 4.06. The Hall–Kier alpha value is -0.780. The summed E-state index contributed by atoms with van der Waals surface area (Å²) in [5.41, 5.74) is 1.15. The first-order valence-corrected chi connectivity index (χ1v) is 8.31. The van der Waals surface area contributed by atoms with E-state index < -0.39 is 0 Å². The SMILES string of the molecule is CCCNCc1cc(Br)c(OCC(C)CO)c(OCC)c1. The average Bonchev–Trinajstić information content (AvgIpc) is 2.46. The Bertz CT molecular complexity index is 426. The molecule has 4 nitrogen and oxygen atoms in total. The van der Waals surface area contributed by atoms with Crippen molar-refractivity contribution in [2.24, 2.45) is 5.92 Å². The fraction of sp³-hybridized carbons (Fsp3) is 0.625. The number of rotatable bonds is 10. The van der Waals surface area contributed by atoms with E-state index in [-0.39, 0.29) is 12.5 Å². The Morgan fingerprint density at radius 2 is 2.05 bits per heavy atom. The van der Waals surface area contributed by atoms with Crippen molar-refractivity contribution < 1.29 is 14.6 Å². The first-order valence-electron chi connectivity index (χ1n) is 7.51. The van der Waals surface area contributed by atoms with E-state index in [1.54, 1.807) is 0 Å². The van der Waals surface area contributed by atoms with Crippen LogP contribution in [-0.4, -0.2) is 31.5 Å². The highest BCUT2D eigenvalue weighted by Gasteiger charge is 2.13. The molecule has 0 radical (unpaired) electrons. The smallest absolute Gasteiger partial charge is 0.175 e. The summed E-state index contributed by atoms with van der Waals surface area (Å²) in [7, 11) is 0. The molecular weight excluding hydrogens is 334 g/mol. The lowest BCUT2D eigenvalue weighted by atomic mass is 10.2. The van der Waals surface area contributed by atoms with Crippen molar-refractivity contribution in [1.82, 2.24) is 5.32 Å². The van der Waals surface area contributed by atoms with E-state index in [0.717, 1.165) is 35.3 Å². The molecule has 1 rings (SSSR count). The molecule has 0 saturated carbocycles. The lowest BCUT2D eigenvalue weighted by Crippen LogP contribution is -2.15. The molecule has 1 aromatic carbocycles. The highest BCUT2D eigenvalue weighted by atomic mass is 79.9. The van der Waals surface area contributed by atoms with Gasteiger partial charge in [0.1, 0.15) is 0 Å². The molecule has 0 aromatic heterocycles. The van der Waals surface area contributed by atoms with Crippen LogP contribution in [0.1, 0.15) is 32.8 Å². The van der Waals surface area contributed by atoms with Crippen molar-refractivity contribution in [3.63, 3.8) is 0 Å². The molecule has 1 aromatic rings. The van der Waals surface area contributed by atoms with Crippen molar-refractivity contribution in [2.75, 3.05) is 26.4 Å². The maximum Gasteiger partial charge on any atom is 0.175 e. The molecule has 120 valence electrons. The van der Waals surface area contributed by atoms with Crippen molar-refractivity contribution >= 4 is 15.9 Å². The third-order valence-corrected chi connectivity index (χ3v) is 3.54. The van der Waals surface area contributed by atoms with E-state index >= 15 is 0 Å².